The summed E-state index contributed by atoms with van der Waals surface area (Å²) in [6.45, 7) is 7.76. The molecule has 0 aliphatic carbocycles. The van der Waals surface area contributed by atoms with Crippen LogP contribution >= 0.6 is 0 Å². The van der Waals surface area contributed by atoms with E-state index < -0.39 is 36.3 Å². The second-order valence-electron chi connectivity index (χ2n) is 6.63. The zero-order valence-electron chi connectivity index (χ0n) is 16.9. The first kappa shape index (κ1) is 25.9. The van der Waals surface area contributed by atoms with Crippen molar-refractivity contribution in [2.24, 2.45) is 28.3 Å². The van der Waals surface area contributed by atoms with Crippen LogP contribution in [0.4, 0.5) is 4.79 Å². The van der Waals surface area contributed by atoms with Crippen LogP contribution in [0.1, 0.15) is 39.5 Å². The molecule has 0 aromatic rings. The predicted octanol–water partition coefficient (Wildman–Crippen LogP) is -0.326. The first-order valence-corrected chi connectivity index (χ1v) is 9.37. The number of hydrogen-bond acceptors (Lipinski definition) is 6. The smallest absolute Gasteiger partial charge is 0.321 e. The Kier molecular flexibility index (Phi) is 12.5. The average molecular weight is 412 g/mol. The summed E-state index contributed by atoms with van der Waals surface area (Å²) in [4.78, 5) is 50.1. The summed E-state index contributed by atoms with van der Waals surface area (Å²) in [5.41, 5.74) is 10.7. The first-order chi connectivity index (χ1) is 13.6. The minimum atomic E-state index is -1.17. The summed E-state index contributed by atoms with van der Waals surface area (Å²) >= 11 is 0. The van der Waals surface area contributed by atoms with Gasteiger partial charge < -0.3 is 32.0 Å². The van der Waals surface area contributed by atoms with Gasteiger partial charge in [-0.2, -0.15) is 0 Å². The molecule has 0 aliphatic rings. The summed E-state index contributed by atoms with van der Waals surface area (Å²) in [5, 5.41) is 16.3. The van der Waals surface area contributed by atoms with Crippen LogP contribution < -0.4 is 27.4 Å². The summed E-state index contributed by atoms with van der Waals surface area (Å²) in [6.07, 6.45) is 1.90. The van der Waals surface area contributed by atoms with Gasteiger partial charge in [0.15, 0.2) is 5.96 Å². The normalized spacial score (nSPS) is 13.3. The van der Waals surface area contributed by atoms with Crippen LogP contribution in [0.15, 0.2) is 17.3 Å². The van der Waals surface area contributed by atoms with Crippen LogP contribution in [-0.4, -0.2) is 54.4 Å². The van der Waals surface area contributed by atoms with Gasteiger partial charge in [-0.25, -0.2) is 4.79 Å². The van der Waals surface area contributed by atoms with Crippen molar-refractivity contribution in [2.45, 2.75) is 45.6 Å². The Morgan fingerprint density at radius 1 is 1.28 bits per heavy atom. The molecular formula is C18H32N6O5. The highest BCUT2D eigenvalue weighted by Gasteiger charge is 2.26. The number of carbonyl (C=O) groups is 4. The number of nitrogens with one attached hydrogen (secondary N) is 3. The zero-order chi connectivity index (χ0) is 22.4. The number of urea groups is 1. The maximum Gasteiger partial charge on any atom is 0.321 e. The number of amides is 3. The Morgan fingerprint density at radius 3 is 2.45 bits per heavy atom. The van der Waals surface area contributed by atoms with E-state index in [1.165, 1.54) is 0 Å². The molecule has 0 heterocycles. The van der Waals surface area contributed by atoms with Crippen molar-refractivity contribution in [3.05, 3.63) is 12.3 Å². The fourth-order valence-electron chi connectivity index (χ4n) is 2.61. The van der Waals surface area contributed by atoms with E-state index in [0.717, 1.165) is 6.42 Å². The second-order valence-corrected chi connectivity index (χ2v) is 6.63. The number of imide groups is 1. The van der Waals surface area contributed by atoms with Gasteiger partial charge in [-0.15, -0.1) is 0 Å². The van der Waals surface area contributed by atoms with Crippen LogP contribution in [0.3, 0.4) is 0 Å². The highest BCUT2D eigenvalue weighted by Crippen LogP contribution is 2.21. The highest BCUT2D eigenvalue weighted by atomic mass is 16.4. The van der Waals surface area contributed by atoms with E-state index in [1.54, 1.807) is 0 Å². The van der Waals surface area contributed by atoms with Crippen molar-refractivity contribution in [1.29, 1.82) is 0 Å². The Labute approximate surface area is 170 Å². The molecule has 0 spiro atoms. The van der Waals surface area contributed by atoms with Crippen LogP contribution in [0, 0.1) is 11.8 Å². The van der Waals surface area contributed by atoms with Crippen molar-refractivity contribution in [1.82, 2.24) is 16.0 Å². The van der Waals surface area contributed by atoms with Gasteiger partial charge in [0.05, 0.1) is 19.0 Å². The Balaban J connectivity index is 4.95. The minimum absolute atomic E-state index is 0.0149. The molecule has 3 amide bonds. The monoisotopic (exact) mass is 412 g/mol. The number of aliphatic imine (C=N–C) groups is 1. The lowest BCUT2D eigenvalue weighted by Gasteiger charge is -2.23. The second kappa shape index (κ2) is 14.0. The third kappa shape index (κ3) is 11.4. The molecule has 0 radical (unpaired) electrons. The topological polar surface area (TPSA) is 189 Å². The number of guanidine groups is 1. The molecule has 0 aromatic heterocycles. The number of rotatable bonds is 14. The van der Waals surface area contributed by atoms with Gasteiger partial charge in [-0.1, -0.05) is 26.8 Å². The highest BCUT2D eigenvalue weighted by molar-refractivity contribution is 5.95. The van der Waals surface area contributed by atoms with Gasteiger partial charge in [0.2, 0.25) is 5.91 Å². The van der Waals surface area contributed by atoms with E-state index in [4.69, 9.17) is 16.6 Å². The van der Waals surface area contributed by atoms with Gasteiger partial charge >= 0.3 is 12.0 Å². The fourth-order valence-corrected chi connectivity index (χ4v) is 2.61. The van der Waals surface area contributed by atoms with Crippen LogP contribution in [0.2, 0.25) is 0 Å². The molecule has 0 aliphatic heterocycles. The maximum atomic E-state index is 12.6. The molecule has 0 bridgehead atoms. The number of aliphatic carboxylic acids is 1. The number of nitrogens with two attached hydrogens (primary N) is 2. The SMILES string of the molecule is C=C(NCC=O)C(CC(=O)O)NC(=O)NC(=O)C(CCCN=C(N)N)C(C)CC. The molecule has 0 saturated heterocycles. The summed E-state index contributed by atoms with van der Waals surface area (Å²) in [7, 11) is 0. The van der Waals surface area contributed by atoms with E-state index >= 15 is 0 Å². The minimum Gasteiger partial charge on any atom is -0.481 e. The molecule has 164 valence electrons. The van der Waals surface area contributed by atoms with Crippen LogP contribution in [0.5, 0.6) is 0 Å². The van der Waals surface area contributed by atoms with E-state index in [0.29, 0.717) is 25.7 Å². The van der Waals surface area contributed by atoms with Gasteiger partial charge in [-0.3, -0.25) is 19.9 Å². The summed E-state index contributed by atoms with van der Waals surface area (Å²) < 4.78 is 0. The Hall–Kier alpha value is -3.11. The average Bonchev–Trinajstić information content (AvgIpc) is 2.64. The van der Waals surface area contributed by atoms with E-state index in [1.807, 2.05) is 13.8 Å². The molecule has 11 heteroatoms. The summed E-state index contributed by atoms with van der Waals surface area (Å²) in [5.74, 6) is -2.09. The lowest BCUT2D eigenvalue weighted by molar-refractivity contribution is -0.137. The quantitative estimate of drug-likeness (QED) is 0.0967. The first-order valence-electron chi connectivity index (χ1n) is 9.37. The zero-order valence-corrected chi connectivity index (χ0v) is 16.9. The molecule has 3 unspecified atom stereocenters. The molecule has 8 N–H and O–H groups in total. The van der Waals surface area contributed by atoms with Gasteiger partial charge in [0, 0.05) is 18.2 Å². The number of nitrogens with zero attached hydrogens (tertiary/aromatic N) is 1. The number of carboxylic acids is 1. The van der Waals surface area contributed by atoms with Crippen molar-refractivity contribution < 1.29 is 24.3 Å². The number of hydrogen-bond donors (Lipinski definition) is 6. The van der Waals surface area contributed by atoms with Crippen molar-refractivity contribution in [3.63, 3.8) is 0 Å². The molecule has 29 heavy (non-hydrogen) atoms. The third-order valence-electron chi connectivity index (χ3n) is 4.39. The number of carbonyl (C=O) groups excluding carboxylic acids is 3. The van der Waals surface area contributed by atoms with E-state index in [2.05, 4.69) is 27.5 Å². The van der Waals surface area contributed by atoms with Crippen molar-refractivity contribution in [3.8, 4) is 0 Å². The van der Waals surface area contributed by atoms with Gasteiger partial charge in [0.1, 0.15) is 6.29 Å². The van der Waals surface area contributed by atoms with E-state index in [-0.39, 0.29) is 24.1 Å². The predicted molar refractivity (Wildman–Crippen MR) is 109 cm³/mol. The number of aldehydes is 1. The molecular weight excluding hydrogens is 380 g/mol. The molecule has 0 saturated carbocycles. The van der Waals surface area contributed by atoms with Gasteiger partial charge in [0.25, 0.3) is 0 Å². The van der Waals surface area contributed by atoms with Crippen molar-refractivity contribution in [2.75, 3.05) is 13.1 Å². The number of carboxylic acid groups (broad SMARTS) is 1. The molecule has 11 nitrogen and oxygen atoms in total. The molecule has 0 fully saturated rings. The maximum absolute atomic E-state index is 12.6. The Bertz CT molecular complexity index is 618. The largest absolute Gasteiger partial charge is 0.481 e. The molecule has 0 rings (SSSR count). The molecule has 3 atom stereocenters. The lowest BCUT2D eigenvalue weighted by atomic mass is 9.87. The van der Waals surface area contributed by atoms with Crippen LogP contribution in [-0.2, 0) is 14.4 Å². The summed E-state index contributed by atoms with van der Waals surface area (Å²) in [6, 6.07) is -1.84. The van der Waals surface area contributed by atoms with Crippen molar-refractivity contribution >= 4 is 30.2 Å². The Morgan fingerprint density at radius 2 is 1.93 bits per heavy atom. The third-order valence-corrected chi connectivity index (χ3v) is 4.39. The standard InChI is InChI=1S/C18H32N6O5/c1-4-11(2)13(6-5-7-22-17(19)20)16(28)24-18(29)23-14(10-15(26)27)12(3)21-8-9-25/h9,11,13-14,21H,3-8,10H2,1-2H3,(H,26,27)(H4,19,20,22)(H2,23,24,28,29). The molecule has 0 aromatic carbocycles. The van der Waals surface area contributed by atoms with Crippen LogP contribution in [0.25, 0.3) is 0 Å². The lowest BCUT2D eigenvalue weighted by Crippen LogP contribution is -2.49. The van der Waals surface area contributed by atoms with Gasteiger partial charge in [-0.05, 0) is 18.8 Å². The fraction of sp³-hybridized carbons (Fsp3) is 0.611. The van der Waals surface area contributed by atoms with E-state index in [9.17, 15) is 19.2 Å².